The van der Waals surface area contributed by atoms with Crippen LogP contribution in [0.4, 0.5) is 0 Å². The first-order chi connectivity index (χ1) is 8.38. The first-order valence-corrected chi connectivity index (χ1v) is 6.95. The fourth-order valence-electron chi connectivity index (χ4n) is 2.48. The molecule has 104 valence electrons. The van der Waals surface area contributed by atoms with E-state index in [1.54, 1.807) is 0 Å². The maximum absolute atomic E-state index is 12.5. The van der Waals surface area contributed by atoms with Crippen molar-refractivity contribution in [2.24, 2.45) is 17.1 Å². The van der Waals surface area contributed by atoms with E-state index < -0.39 is 5.41 Å². The van der Waals surface area contributed by atoms with E-state index in [4.69, 9.17) is 5.73 Å². The van der Waals surface area contributed by atoms with Crippen LogP contribution in [0.15, 0.2) is 0 Å². The Kier molecular flexibility index (Phi) is 4.91. The number of rotatable bonds is 6. The quantitative estimate of drug-likeness (QED) is 0.737. The largest absolute Gasteiger partial charge is 0.328 e. The third-order valence-electron chi connectivity index (χ3n) is 4.30. The van der Waals surface area contributed by atoms with Crippen molar-refractivity contribution < 1.29 is 9.59 Å². The summed E-state index contributed by atoms with van der Waals surface area (Å²) in [6.45, 7) is 8.35. The Morgan fingerprint density at radius 3 is 2.39 bits per heavy atom. The SMILES string of the molecule is CCCCC(CN)N1C(=O)CC(C)(C(C)C)C1=O. The van der Waals surface area contributed by atoms with Crippen molar-refractivity contribution in [2.75, 3.05) is 6.54 Å². The van der Waals surface area contributed by atoms with E-state index in [-0.39, 0.29) is 23.8 Å². The van der Waals surface area contributed by atoms with Crippen molar-refractivity contribution >= 4 is 11.8 Å². The predicted molar refractivity (Wildman–Crippen MR) is 71.8 cm³/mol. The molecule has 0 aromatic heterocycles. The number of unbranched alkanes of at least 4 members (excludes halogenated alkanes) is 1. The highest BCUT2D eigenvalue weighted by molar-refractivity contribution is 6.06. The summed E-state index contributed by atoms with van der Waals surface area (Å²) >= 11 is 0. The normalized spacial score (nSPS) is 26.2. The lowest BCUT2D eigenvalue weighted by atomic mass is 9.78. The number of carbonyl (C=O) groups excluding carboxylic acids is 2. The summed E-state index contributed by atoms with van der Waals surface area (Å²) < 4.78 is 0. The summed E-state index contributed by atoms with van der Waals surface area (Å²) in [6.07, 6.45) is 3.19. The molecule has 2 N–H and O–H groups in total. The number of hydrogen-bond acceptors (Lipinski definition) is 3. The fraction of sp³-hybridized carbons (Fsp3) is 0.857. The van der Waals surface area contributed by atoms with Crippen LogP contribution in [0.5, 0.6) is 0 Å². The third kappa shape index (κ3) is 2.58. The van der Waals surface area contributed by atoms with Crippen LogP contribution in [0.1, 0.15) is 53.4 Å². The van der Waals surface area contributed by atoms with Gasteiger partial charge in [0, 0.05) is 13.0 Å². The third-order valence-corrected chi connectivity index (χ3v) is 4.30. The molecule has 1 aliphatic heterocycles. The van der Waals surface area contributed by atoms with Crippen molar-refractivity contribution in [2.45, 2.75) is 59.4 Å². The predicted octanol–water partition coefficient (Wildman–Crippen LogP) is 1.93. The van der Waals surface area contributed by atoms with E-state index in [2.05, 4.69) is 6.92 Å². The van der Waals surface area contributed by atoms with Crippen molar-refractivity contribution in [1.82, 2.24) is 4.90 Å². The highest BCUT2D eigenvalue weighted by Gasteiger charge is 2.51. The second-order valence-electron chi connectivity index (χ2n) is 5.85. The standard InChI is InChI=1S/C14H26N2O2/c1-5-6-7-11(9-15)16-12(17)8-14(4,10(2)3)13(16)18/h10-11H,5-9,15H2,1-4H3. The molecule has 0 saturated carbocycles. The number of amides is 2. The fourth-order valence-corrected chi connectivity index (χ4v) is 2.48. The molecular weight excluding hydrogens is 228 g/mol. The van der Waals surface area contributed by atoms with E-state index in [1.807, 2.05) is 20.8 Å². The first-order valence-electron chi connectivity index (χ1n) is 6.95. The second kappa shape index (κ2) is 5.83. The number of hydrogen-bond donors (Lipinski definition) is 1. The molecule has 0 aromatic rings. The Labute approximate surface area is 110 Å². The molecule has 4 heteroatoms. The maximum atomic E-state index is 12.5. The molecule has 1 aliphatic rings. The van der Waals surface area contributed by atoms with Gasteiger partial charge in [-0.25, -0.2) is 0 Å². The summed E-state index contributed by atoms with van der Waals surface area (Å²) in [7, 11) is 0. The van der Waals surface area contributed by atoms with Crippen molar-refractivity contribution in [3.8, 4) is 0 Å². The lowest BCUT2D eigenvalue weighted by molar-refractivity contribution is -0.144. The van der Waals surface area contributed by atoms with Crippen molar-refractivity contribution in [3.05, 3.63) is 0 Å². The Morgan fingerprint density at radius 2 is 2.00 bits per heavy atom. The second-order valence-corrected chi connectivity index (χ2v) is 5.85. The van der Waals surface area contributed by atoms with Crippen LogP contribution in [-0.4, -0.2) is 29.3 Å². The maximum Gasteiger partial charge on any atom is 0.236 e. The number of nitrogens with two attached hydrogens (primary N) is 1. The van der Waals surface area contributed by atoms with E-state index in [9.17, 15) is 9.59 Å². The van der Waals surface area contributed by atoms with Crippen LogP contribution in [0.3, 0.4) is 0 Å². The zero-order valence-electron chi connectivity index (χ0n) is 12.0. The number of likely N-dealkylation sites (tertiary alicyclic amines) is 1. The van der Waals surface area contributed by atoms with Gasteiger partial charge in [-0.3, -0.25) is 14.5 Å². The minimum absolute atomic E-state index is 0.0333. The Balaban J connectivity index is 2.89. The van der Waals surface area contributed by atoms with Gasteiger partial charge in [0.15, 0.2) is 0 Å². The molecular formula is C14H26N2O2. The smallest absolute Gasteiger partial charge is 0.236 e. The summed E-state index contributed by atoms with van der Waals surface area (Å²) in [6, 6.07) is -0.120. The van der Waals surface area contributed by atoms with Crippen LogP contribution in [0.2, 0.25) is 0 Å². The van der Waals surface area contributed by atoms with Crippen LogP contribution in [0, 0.1) is 11.3 Å². The average molecular weight is 254 g/mol. The number of imide groups is 1. The topological polar surface area (TPSA) is 63.4 Å². The van der Waals surface area contributed by atoms with E-state index in [0.29, 0.717) is 13.0 Å². The van der Waals surface area contributed by atoms with Gasteiger partial charge in [-0.05, 0) is 19.3 Å². The summed E-state index contributed by atoms with van der Waals surface area (Å²) in [5.41, 5.74) is 5.19. The molecule has 2 amide bonds. The molecule has 0 bridgehead atoms. The molecule has 1 heterocycles. The molecule has 0 radical (unpaired) electrons. The summed E-state index contributed by atoms with van der Waals surface area (Å²) in [5.74, 6) is 0.0837. The minimum atomic E-state index is -0.545. The highest BCUT2D eigenvalue weighted by Crippen LogP contribution is 2.40. The lowest BCUT2D eigenvalue weighted by Crippen LogP contribution is -2.46. The van der Waals surface area contributed by atoms with Gasteiger partial charge in [0.2, 0.25) is 11.8 Å². The summed E-state index contributed by atoms with van der Waals surface area (Å²) in [5, 5.41) is 0. The molecule has 1 fully saturated rings. The van der Waals surface area contributed by atoms with Crippen molar-refractivity contribution in [1.29, 1.82) is 0 Å². The van der Waals surface area contributed by atoms with Crippen LogP contribution < -0.4 is 5.73 Å². The van der Waals surface area contributed by atoms with E-state index >= 15 is 0 Å². The highest BCUT2D eigenvalue weighted by atomic mass is 16.2. The van der Waals surface area contributed by atoms with Gasteiger partial charge in [-0.1, -0.05) is 33.6 Å². The molecule has 2 atom stereocenters. The van der Waals surface area contributed by atoms with Gasteiger partial charge in [0.1, 0.15) is 0 Å². The lowest BCUT2D eigenvalue weighted by Gasteiger charge is -2.29. The molecule has 1 rings (SSSR count). The summed E-state index contributed by atoms with van der Waals surface area (Å²) in [4.78, 5) is 26.1. The van der Waals surface area contributed by atoms with Crippen LogP contribution in [-0.2, 0) is 9.59 Å². The average Bonchev–Trinajstić information content (AvgIpc) is 2.54. The van der Waals surface area contributed by atoms with Gasteiger partial charge in [0.25, 0.3) is 0 Å². The molecule has 4 nitrogen and oxygen atoms in total. The van der Waals surface area contributed by atoms with Gasteiger partial charge in [0.05, 0.1) is 11.5 Å². The first kappa shape index (κ1) is 15.2. The molecule has 2 unspecified atom stereocenters. The van der Waals surface area contributed by atoms with Crippen molar-refractivity contribution in [3.63, 3.8) is 0 Å². The number of nitrogens with zero attached hydrogens (tertiary/aromatic N) is 1. The molecule has 18 heavy (non-hydrogen) atoms. The minimum Gasteiger partial charge on any atom is -0.328 e. The molecule has 0 spiro atoms. The zero-order valence-corrected chi connectivity index (χ0v) is 12.0. The van der Waals surface area contributed by atoms with E-state index in [1.165, 1.54) is 4.90 Å². The van der Waals surface area contributed by atoms with Gasteiger partial charge in [-0.15, -0.1) is 0 Å². The molecule has 1 saturated heterocycles. The monoisotopic (exact) mass is 254 g/mol. The molecule has 0 aromatic carbocycles. The Morgan fingerprint density at radius 1 is 1.39 bits per heavy atom. The Hall–Kier alpha value is -0.900. The van der Waals surface area contributed by atoms with Gasteiger partial charge < -0.3 is 5.73 Å². The number of carbonyl (C=O) groups is 2. The molecule has 0 aliphatic carbocycles. The van der Waals surface area contributed by atoms with Gasteiger partial charge >= 0.3 is 0 Å². The van der Waals surface area contributed by atoms with Crippen LogP contribution >= 0.6 is 0 Å². The van der Waals surface area contributed by atoms with E-state index in [0.717, 1.165) is 19.3 Å². The van der Waals surface area contributed by atoms with Crippen LogP contribution in [0.25, 0.3) is 0 Å². The zero-order chi connectivity index (χ0) is 13.9. The van der Waals surface area contributed by atoms with Gasteiger partial charge in [-0.2, -0.15) is 0 Å². The Bertz CT molecular complexity index is 328.